The minimum Gasteiger partial charge on any atom is -0.313 e. The van der Waals surface area contributed by atoms with Crippen LogP contribution >= 0.6 is 23.4 Å². The lowest BCUT2D eigenvalue weighted by Crippen LogP contribution is -2.41. The first-order chi connectivity index (χ1) is 10.3. The summed E-state index contributed by atoms with van der Waals surface area (Å²) in [5.74, 6) is 1.81. The van der Waals surface area contributed by atoms with Crippen molar-refractivity contribution in [3.05, 3.63) is 65.2 Å². The van der Waals surface area contributed by atoms with Gasteiger partial charge in [-0.25, -0.2) is 0 Å². The molecule has 1 aliphatic rings. The Morgan fingerprint density at radius 3 is 2.62 bits per heavy atom. The Hall–Kier alpha value is -0.960. The molecule has 0 amide bonds. The fraction of sp³-hybridized carbons (Fsp3) is 0.333. The highest BCUT2D eigenvalue weighted by Gasteiger charge is 2.29. The van der Waals surface area contributed by atoms with Crippen molar-refractivity contribution in [2.24, 2.45) is 0 Å². The van der Waals surface area contributed by atoms with Crippen LogP contribution in [0.1, 0.15) is 24.3 Å². The first kappa shape index (κ1) is 15.0. The lowest BCUT2D eigenvalue weighted by molar-refractivity contribution is 0.296. The smallest absolute Gasteiger partial charge is 0.0408 e. The topological polar surface area (TPSA) is 12.0 Å². The molecule has 0 atom stereocenters. The molecule has 2 aromatic rings. The predicted octanol–water partition coefficient (Wildman–Crippen LogP) is 4.97. The molecular weight excluding hydrogens is 298 g/mol. The summed E-state index contributed by atoms with van der Waals surface area (Å²) >= 11 is 7.96. The zero-order valence-electron chi connectivity index (χ0n) is 12.0. The van der Waals surface area contributed by atoms with Gasteiger partial charge in [0, 0.05) is 28.3 Å². The van der Waals surface area contributed by atoms with Crippen LogP contribution in [0.5, 0.6) is 0 Å². The number of hydrogen-bond acceptors (Lipinski definition) is 2. The first-order valence-electron chi connectivity index (χ1n) is 7.48. The highest BCUT2D eigenvalue weighted by molar-refractivity contribution is 7.99. The van der Waals surface area contributed by atoms with Gasteiger partial charge in [0.15, 0.2) is 0 Å². The number of thioether (sulfide) groups is 1. The van der Waals surface area contributed by atoms with Gasteiger partial charge in [-0.05, 0) is 48.6 Å². The minimum atomic E-state index is 0.672. The summed E-state index contributed by atoms with van der Waals surface area (Å²) in [6.07, 6.45) is 2.46. The van der Waals surface area contributed by atoms with Crippen LogP contribution in [0, 0.1) is 0 Å². The Morgan fingerprint density at radius 2 is 1.86 bits per heavy atom. The van der Waals surface area contributed by atoms with Crippen molar-refractivity contribution in [3.63, 3.8) is 0 Å². The minimum absolute atomic E-state index is 0.672. The Morgan fingerprint density at radius 1 is 1.05 bits per heavy atom. The Balaban J connectivity index is 1.34. The molecule has 0 unspecified atom stereocenters. The second-order valence-corrected chi connectivity index (χ2v) is 7.14. The summed E-state index contributed by atoms with van der Waals surface area (Å²) in [5.41, 5.74) is 1.39. The van der Waals surface area contributed by atoms with E-state index in [4.69, 9.17) is 11.6 Å². The van der Waals surface area contributed by atoms with E-state index in [1.807, 2.05) is 17.8 Å². The van der Waals surface area contributed by atoms with Gasteiger partial charge in [0.05, 0.1) is 0 Å². The predicted molar refractivity (Wildman–Crippen MR) is 92.4 cm³/mol. The second kappa shape index (κ2) is 7.35. The van der Waals surface area contributed by atoms with Crippen LogP contribution in [-0.4, -0.2) is 18.3 Å². The molecule has 21 heavy (non-hydrogen) atoms. The highest BCUT2D eigenvalue weighted by atomic mass is 35.5. The summed E-state index contributed by atoms with van der Waals surface area (Å²) in [6.45, 7) is 1.08. The van der Waals surface area contributed by atoms with E-state index < -0.39 is 0 Å². The Labute approximate surface area is 136 Å². The van der Waals surface area contributed by atoms with E-state index in [0.29, 0.717) is 12.0 Å². The molecule has 0 saturated heterocycles. The quantitative estimate of drug-likeness (QED) is 0.596. The molecule has 1 N–H and O–H groups in total. The van der Waals surface area contributed by atoms with Crippen LogP contribution in [0.2, 0.25) is 5.02 Å². The van der Waals surface area contributed by atoms with Gasteiger partial charge in [-0.3, -0.25) is 0 Å². The summed E-state index contributed by atoms with van der Waals surface area (Å²) in [6, 6.07) is 19.6. The maximum absolute atomic E-state index is 6.05. The van der Waals surface area contributed by atoms with Gasteiger partial charge in [0.1, 0.15) is 0 Å². The van der Waals surface area contributed by atoms with Gasteiger partial charge in [0.25, 0.3) is 0 Å². The average Bonchev–Trinajstić information content (AvgIpc) is 2.46. The average molecular weight is 318 g/mol. The van der Waals surface area contributed by atoms with E-state index in [9.17, 15) is 0 Å². The van der Waals surface area contributed by atoms with Crippen LogP contribution in [0.3, 0.4) is 0 Å². The Kier molecular flexibility index (Phi) is 5.23. The van der Waals surface area contributed by atoms with E-state index in [1.54, 1.807) is 0 Å². The Bertz CT molecular complexity index is 566. The van der Waals surface area contributed by atoms with E-state index in [2.05, 4.69) is 53.8 Å². The molecule has 0 aliphatic heterocycles. The van der Waals surface area contributed by atoms with Crippen LogP contribution in [0.25, 0.3) is 0 Å². The van der Waals surface area contributed by atoms with Gasteiger partial charge < -0.3 is 5.32 Å². The molecule has 3 heteroatoms. The SMILES string of the molecule is Clc1cccc(C2CC(NCCSc3ccccc3)C2)c1. The molecule has 0 bridgehead atoms. The molecule has 0 radical (unpaired) electrons. The molecule has 110 valence electrons. The number of nitrogens with one attached hydrogen (secondary N) is 1. The van der Waals surface area contributed by atoms with Gasteiger partial charge in [-0.1, -0.05) is 41.9 Å². The zero-order valence-corrected chi connectivity index (χ0v) is 13.5. The molecule has 0 spiro atoms. The fourth-order valence-corrected chi connectivity index (χ4v) is 3.77. The molecule has 0 heterocycles. The third-order valence-corrected chi connectivity index (χ3v) is 5.25. The lowest BCUT2D eigenvalue weighted by Gasteiger charge is -2.36. The number of halogens is 1. The van der Waals surface area contributed by atoms with E-state index in [-0.39, 0.29) is 0 Å². The summed E-state index contributed by atoms with van der Waals surface area (Å²) in [4.78, 5) is 1.35. The molecule has 1 aliphatic carbocycles. The van der Waals surface area contributed by atoms with E-state index in [0.717, 1.165) is 17.3 Å². The van der Waals surface area contributed by atoms with E-state index in [1.165, 1.54) is 23.3 Å². The summed E-state index contributed by atoms with van der Waals surface area (Å²) in [5, 5.41) is 4.50. The molecule has 3 rings (SSSR count). The molecule has 1 nitrogen and oxygen atoms in total. The van der Waals surface area contributed by atoms with Gasteiger partial charge in [-0.15, -0.1) is 11.8 Å². The van der Waals surface area contributed by atoms with E-state index >= 15 is 0 Å². The summed E-state index contributed by atoms with van der Waals surface area (Å²) < 4.78 is 0. The monoisotopic (exact) mass is 317 g/mol. The third-order valence-electron chi connectivity index (χ3n) is 4.01. The van der Waals surface area contributed by atoms with Crippen LogP contribution in [-0.2, 0) is 0 Å². The largest absolute Gasteiger partial charge is 0.313 e. The van der Waals surface area contributed by atoms with Crippen molar-refractivity contribution < 1.29 is 0 Å². The van der Waals surface area contributed by atoms with Gasteiger partial charge in [-0.2, -0.15) is 0 Å². The van der Waals surface area contributed by atoms with Gasteiger partial charge >= 0.3 is 0 Å². The maximum Gasteiger partial charge on any atom is 0.0408 e. The van der Waals surface area contributed by atoms with Gasteiger partial charge in [0.2, 0.25) is 0 Å². The fourth-order valence-electron chi connectivity index (χ4n) is 2.77. The molecule has 1 saturated carbocycles. The van der Waals surface area contributed by atoms with Crippen molar-refractivity contribution in [2.45, 2.75) is 29.7 Å². The second-order valence-electron chi connectivity index (χ2n) is 5.54. The number of rotatable bonds is 6. The lowest BCUT2D eigenvalue weighted by atomic mass is 9.76. The number of benzene rings is 2. The number of hydrogen-bond donors (Lipinski definition) is 1. The molecule has 0 aromatic heterocycles. The molecule has 2 aromatic carbocycles. The standard InChI is InChI=1S/C18H20ClNS/c19-16-6-4-5-14(11-16)15-12-17(13-15)20-9-10-21-18-7-2-1-3-8-18/h1-8,11,15,17,20H,9-10,12-13H2. The highest BCUT2D eigenvalue weighted by Crippen LogP contribution is 2.37. The van der Waals surface area contributed by atoms with Crippen molar-refractivity contribution in [3.8, 4) is 0 Å². The first-order valence-corrected chi connectivity index (χ1v) is 8.84. The maximum atomic E-state index is 6.05. The van der Waals surface area contributed by atoms with Crippen LogP contribution < -0.4 is 5.32 Å². The molecule has 1 fully saturated rings. The molecular formula is C18H20ClNS. The van der Waals surface area contributed by atoms with Crippen molar-refractivity contribution in [1.29, 1.82) is 0 Å². The van der Waals surface area contributed by atoms with Crippen molar-refractivity contribution in [1.82, 2.24) is 5.32 Å². The van der Waals surface area contributed by atoms with Crippen molar-refractivity contribution in [2.75, 3.05) is 12.3 Å². The normalized spacial score (nSPS) is 21.0. The van der Waals surface area contributed by atoms with Crippen LogP contribution in [0.15, 0.2) is 59.5 Å². The van der Waals surface area contributed by atoms with Crippen LogP contribution in [0.4, 0.5) is 0 Å². The third kappa shape index (κ3) is 4.26. The summed E-state index contributed by atoms with van der Waals surface area (Å²) in [7, 11) is 0. The zero-order chi connectivity index (χ0) is 14.5. The van der Waals surface area contributed by atoms with Crippen molar-refractivity contribution >= 4 is 23.4 Å².